The molecule has 0 aliphatic carbocycles. The minimum absolute atomic E-state index is 0.131. The van der Waals surface area contributed by atoms with Crippen LogP contribution in [0, 0.1) is 6.92 Å². The lowest BCUT2D eigenvalue weighted by molar-refractivity contribution is -0.140. The van der Waals surface area contributed by atoms with Crippen LogP contribution in [-0.2, 0) is 9.53 Å². The molecule has 0 saturated carbocycles. The number of aryl methyl sites for hydroxylation is 1. The van der Waals surface area contributed by atoms with Crippen LogP contribution < -0.4 is 0 Å². The summed E-state index contributed by atoms with van der Waals surface area (Å²) in [6.07, 6.45) is 1.33. The van der Waals surface area contributed by atoms with Gasteiger partial charge in [-0.05, 0) is 24.8 Å². The Balaban J connectivity index is 2.50. The summed E-state index contributed by atoms with van der Waals surface area (Å²) >= 11 is 0. The van der Waals surface area contributed by atoms with Crippen LogP contribution in [0.2, 0.25) is 0 Å². The number of esters is 1. The molecule has 0 aromatic heterocycles. The van der Waals surface area contributed by atoms with Crippen molar-refractivity contribution >= 4 is 5.97 Å². The highest BCUT2D eigenvalue weighted by molar-refractivity contribution is 5.69. The van der Waals surface area contributed by atoms with E-state index >= 15 is 0 Å². The summed E-state index contributed by atoms with van der Waals surface area (Å²) in [4.78, 5) is 11.0. The Morgan fingerprint density at radius 3 is 2.47 bits per heavy atom. The number of benzene rings is 1. The number of hydrogen-bond donors (Lipinski definition) is 0. The SMILES string of the molecule is COC(=O)CC[C@H](C)c1ccc(C)cc1. The van der Waals surface area contributed by atoms with Gasteiger partial charge in [0.15, 0.2) is 0 Å². The fraction of sp³-hybridized carbons (Fsp3) is 0.462. The maximum Gasteiger partial charge on any atom is 0.305 e. The lowest BCUT2D eigenvalue weighted by atomic mass is 9.95. The first-order chi connectivity index (χ1) is 7.13. The van der Waals surface area contributed by atoms with Gasteiger partial charge < -0.3 is 4.74 Å². The van der Waals surface area contributed by atoms with Crippen molar-refractivity contribution in [1.29, 1.82) is 0 Å². The van der Waals surface area contributed by atoms with Gasteiger partial charge in [0.1, 0.15) is 0 Å². The van der Waals surface area contributed by atoms with E-state index in [0.717, 1.165) is 6.42 Å². The molecule has 82 valence electrons. The van der Waals surface area contributed by atoms with Gasteiger partial charge in [0, 0.05) is 6.42 Å². The molecule has 2 nitrogen and oxygen atoms in total. The molecule has 15 heavy (non-hydrogen) atoms. The quantitative estimate of drug-likeness (QED) is 0.708. The van der Waals surface area contributed by atoms with E-state index in [1.165, 1.54) is 18.2 Å². The van der Waals surface area contributed by atoms with E-state index in [2.05, 4.69) is 42.8 Å². The molecule has 0 amide bonds. The van der Waals surface area contributed by atoms with E-state index in [0.29, 0.717) is 12.3 Å². The minimum atomic E-state index is -0.131. The summed E-state index contributed by atoms with van der Waals surface area (Å²) < 4.78 is 4.62. The van der Waals surface area contributed by atoms with Crippen LogP contribution in [0.5, 0.6) is 0 Å². The van der Waals surface area contributed by atoms with Gasteiger partial charge in [-0.15, -0.1) is 0 Å². The topological polar surface area (TPSA) is 26.3 Å². The molecule has 0 spiro atoms. The molecule has 0 N–H and O–H groups in total. The molecule has 0 aliphatic rings. The highest BCUT2D eigenvalue weighted by Gasteiger charge is 2.08. The van der Waals surface area contributed by atoms with Crippen LogP contribution in [0.3, 0.4) is 0 Å². The Morgan fingerprint density at radius 1 is 1.33 bits per heavy atom. The molecule has 1 atom stereocenters. The Kier molecular flexibility index (Phi) is 4.35. The first-order valence-corrected chi connectivity index (χ1v) is 5.27. The highest BCUT2D eigenvalue weighted by Crippen LogP contribution is 2.20. The molecule has 0 fully saturated rings. The summed E-state index contributed by atoms with van der Waals surface area (Å²) in [5, 5.41) is 0. The molecule has 1 aromatic carbocycles. The Labute approximate surface area is 91.3 Å². The fourth-order valence-corrected chi connectivity index (χ4v) is 1.50. The number of rotatable bonds is 4. The molecule has 1 aromatic rings. The zero-order chi connectivity index (χ0) is 11.3. The molecule has 0 bridgehead atoms. The molecule has 0 heterocycles. The number of hydrogen-bond acceptors (Lipinski definition) is 2. The van der Waals surface area contributed by atoms with E-state index in [-0.39, 0.29) is 5.97 Å². The van der Waals surface area contributed by atoms with Gasteiger partial charge in [-0.1, -0.05) is 36.8 Å². The minimum Gasteiger partial charge on any atom is -0.469 e. The van der Waals surface area contributed by atoms with Gasteiger partial charge in [0.2, 0.25) is 0 Å². The van der Waals surface area contributed by atoms with Crippen molar-refractivity contribution < 1.29 is 9.53 Å². The van der Waals surface area contributed by atoms with Crippen molar-refractivity contribution in [1.82, 2.24) is 0 Å². The zero-order valence-electron chi connectivity index (χ0n) is 9.62. The van der Waals surface area contributed by atoms with E-state index in [4.69, 9.17) is 0 Å². The number of ether oxygens (including phenoxy) is 1. The Hall–Kier alpha value is -1.31. The van der Waals surface area contributed by atoms with Gasteiger partial charge in [-0.2, -0.15) is 0 Å². The zero-order valence-corrected chi connectivity index (χ0v) is 9.62. The second-order valence-electron chi connectivity index (χ2n) is 3.93. The summed E-state index contributed by atoms with van der Waals surface area (Å²) in [6, 6.07) is 8.45. The molecule has 1 rings (SSSR count). The fourth-order valence-electron chi connectivity index (χ4n) is 1.50. The third kappa shape index (κ3) is 3.74. The first-order valence-electron chi connectivity index (χ1n) is 5.27. The third-order valence-corrected chi connectivity index (χ3v) is 2.66. The van der Waals surface area contributed by atoms with Crippen molar-refractivity contribution in [3.63, 3.8) is 0 Å². The van der Waals surface area contributed by atoms with Crippen LogP contribution >= 0.6 is 0 Å². The summed E-state index contributed by atoms with van der Waals surface area (Å²) in [5.74, 6) is 0.277. The second-order valence-corrected chi connectivity index (χ2v) is 3.93. The van der Waals surface area contributed by atoms with E-state index in [1.54, 1.807) is 0 Å². The van der Waals surface area contributed by atoms with Crippen molar-refractivity contribution in [3.8, 4) is 0 Å². The predicted octanol–water partition coefficient (Wildman–Crippen LogP) is 3.05. The van der Waals surface area contributed by atoms with Crippen LogP contribution in [0.25, 0.3) is 0 Å². The predicted molar refractivity (Wildman–Crippen MR) is 60.8 cm³/mol. The Morgan fingerprint density at radius 2 is 1.93 bits per heavy atom. The summed E-state index contributed by atoms with van der Waals surface area (Å²) in [6.45, 7) is 4.20. The van der Waals surface area contributed by atoms with E-state index < -0.39 is 0 Å². The summed E-state index contributed by atoms with van der Waals surface area (Å²) in [5.41, 5.74) is 2.54. The van der Waals surface area contributed by atoms with Crippen molar-refractivity contribution in [3.05, 3.63) is 35.4 Å². The lowest BCUT2D eigenvalue weighted by Gasteiger charge is -2.11. The monoisotopic (exact) mass is 206 g/mol. The Bertz CT molecular complexity index is 314. The maximum atomic E-state index is 11.0. The van der Waals surface area contributed by atoms with E-state index in [9.17, 15) is 4.79 Å². The molecule has 0 radical (unpaired) electrons. The largest absolute Gasteiger partial charge is 0.469 e. The van der Waals surface area contributed by atoms with Crippen LogP contribution in [-0.4, -0.2) is 13.1 Å². The average molecular weight is 206 g/mol. The first kappa shape index (κ1) is 11.8. The number of carbonyl (C=O) groups is 1. The standard InChI is InChI=1S/C13H18O2/c1-10-4-7-12(8-5-10)11(2)6-9-13(14)15-3/h4-5,7-8,11H,6,9H2,1-3H3/t11-/m0/s1. The smallest absolute Gasteiger partial charge is 0.305 e. The molecular formula is C13H18O2. The highest BCUT2D eigenvalue weighted by atomic mass is 16.5. The van der Waals surface area contributed by atoms with Crippen LogP contribution in [0.4, 0.5) is 0 Å². The van der Waals surface area contributed by atoms with Crippen LogP contribution in [0.1, 0.15) is 36.8 Å². The molecule has 0 aliphatic heterocycles. The van der Waals surface area contributed by atoms with Crippen molar-refractivity contribution in [2.45, 2.75) is 32.6 Å². The molecule has 0 saturated heterocycles. The van der Waals surface area contributed by atoms with Gasteiger partial charge >= 0.3 is 5.97 Å². The van der Waals surface area contributed by atoms with Gasteiger partial charge in [0.05, 0.1) is 7.11 Å². The normalized spacial score (nSPS) is 12.2. The molecule has 0 unspecified atom stereocenters. The van der Waals surface area contributed by atoms with Crippen LogP contribution in [0.15, 0.2) is 24.3 Å². The van der Waals surface area contributed by atoms with Gasteiger partial charge in [-0.3, -0.25) is 4.79 Å². The summed E-state index contributed by atoms with van der Waals surface area (Å²) in [7, 11) is 1.43. The van der Waals surface area contributed by atoms with Crippen molar-refractivity contribution in [2.75, 3.05) is 7.11 Å². The van der Waals surface area contributed by atoms with Gasteiger partial charge in [0.25, 0.3) is 0 Å². The number of methoxy groups -OCH3 is 1. The molecular weight excluding hydrogens is 188 g/mol. The third-order valence-electron chi connectivity index (χ3n) is 2.66. The number of carbonyl (C=O) groups excluding carboxylic acids is 1. The van der Waals surface area contributed by atoms with E-state index in [1.807, 2.05) is 0 Å². The van der Waals surface area contributed by atoms with Gasteiger partial charge in [-0.25, -0.2) is 0 Å². The average Bonchev–Trinajstić information content (AvgIpc) is 2.26. The second kappa shape index (κ2) is 5.54. The molecule has 2 heteroatoms. The van der Waals surface area contributed by atoms with Crippen molar-refractivity contribution in [2.24, 2.45) is 0 Å². The lowest BCUT2D eigenvalue weighted by Crippen LogP contribution is -2.03. The maximum absolute atomic E-state index is 11.0.